The summed E-state index contributed by atoms with van der Waals surface area (Å²) in [5.74, 6) is -0.553. The molecule has 0 bridgehead atoms. The third-order valence-electron chi connectivity index (χ3n) is 5.77. The maximum atomic E-state index is 12.6. The number of benzene rings is 1. The van der Waals surface area contributed by atoms with Crippen LogP contribution in [0.2, 0.25) is 0 Å². The number of amides is 2. The Hall–Kier alpha value is -2.41. The lowest BCUT2D eigenvalue weighted by Crippen LogP contribution is -2.44. The molecule has 2 saturated heterocycles. The van der Waals surface area contributed by atoms with E-state index in [1.807, 2.05) is 4.90 Å². The van der Waals surface area contributed by atoms with Gasteiger partial charge in [-0.1, -0.05) is 0 Å². The molecular formula is C21H29N3O4. The summed E-state index contributed by atoms with van der Waals surface area (Å²) in [6.45, 7) is 3.27. The van der Waals surface area contributed by atoms with Crippen LogP contribution in [0, 0.1) is 11.8 Å². The molecule has 2 aliphatic heterocycles. The van der Waals surface area contributed by atoms with Crippen LogP contribution >= 0.6 is 0 Å². The van der Waals surface area contributed by atoms with Gasteiger partial charge in [0.25, 0.3) is 0 Å². The molecule has 1 atom stereocenters. The number of likely N-dealkylation sites (tertiary alicyclic amines) is 1. The maximum absolute atomic E-state index is 12.6. The van der Waals surface area contributed by atoms with Crippen molar-refractivity contribution in [1.29, 1.82) is 0 Å². The second-order valence-corrected chi connectivity index (χ2v) is 7.78. The second-order valence-electron chi connectivity index (χ2n) is 7.78. The van der Waals surface area contributed by atoms with Crippen LogP contribution in [0.1, 0.15) is 48.9 Å². The summed E-state index contributed by atoms with van der Waals surface area (Å²) in [6, 6.07) is 6.11. The van der Waals surface area contributed by atoms with Gasteiger partial charge in [-0.2, -0.15) is 0 Å². The highest BCUT2D eigenvalue weighted by atomic mass is 16.4. The van der Waals surface area contributed by atoms with E-state index in [-0.39, 0.29) is 23.3 Å². The molecule has 2 heterocycles. The van der Waals surface area contributed by atoms with E-state index in [0.29, 0.717) is 24.6 Å². The summed E-state index contributed by atoms with van der Waals surface area (Å²) in [6.07, 6.45) is 5.36. The zero-order valence-corrected chi connectivity index (χ0v) is 16.2. The van der Waals surface area contributed by atoms with Crippen molar-refractivity contribution in [1.82, 2.24) is 10.2 Å². The van der Waals surface area contributed by atoms with Gasteiger partial charge in [-0.25, -0.2) is 4.79 Å². The molecule has 28 heavy (non-hydrogen) atoms. The van der Waals surface area contributed by atoms with Crippen molar-refractivity contribution in [3.05, 3.63) is 29.8 Å². The number of piperidine rings is 2. The van der Waals surface area contributed by atoms with Crippen molar-refractivity contribution in [2.75, 3.05) is 31.5 Å². The normalized spacial score (nSPS) is 20.6. The lowest BCUT2D eigenvalue weighted by Gasteiger charge is -2.32. The number of hydrogen-bond donors (Lipinski definition) is 3. The maximum Gasteiger partial charge on any atom is 0.335 e. The van der Waals surface area contributed by atoms with Crippen molar-refractivity contribution >= 4 is 23.5 Å². The zero-order valence-electron chi connectivity index (χ0n) is 16.2. The molecular weight excluding hydrogens is 358 g/mol. The summed E-state index contributed by atoms with van der Waals surface area (Å²) in [7, 11) is 0. The van der Waals surface area contributed by atoms with E-state index in [2.05, 4.69) is 10.6 Å². The molecule has 1 aromatic rings. The summed E-state index contributed by atoms with van der Waals surface area (Å²) >= 11 is 0. The first-order chi connectivity index (χ1) is 13.5. The second kappa shape index (κ2) is 9.68. The third-order valence-corrected chi connectivity index (χ3v) is 5.77. The Labute approximate surface area is 165 Å². The summed E-state index contributed by atoms with van der Waals surface area (Å²) in [5.41, 5.74) is 0.755. The Morgan fingerprint density at radius 1 is 1.11 bits per heavy atom. The fourth-order valence-corrected chi connectivity index (χ4v) is 4.01. The molecule has 0 spiro atoms. The molecule has 0 radical (unpaired) electrons. The third kappa shape index (κ3) is 5.55. The number of carbonyl (C=O) groups excluding carboxylic acids is 2. The standard InChI is InChI=1S/C21H29N3O4/c25-19(8-3-15-9-11-22-12-10-15)24-13-1-2-17(14-24)20(26)23-18-6-4-16(5-7-18)21(27)28/h4-7,15,17,22H,1-3,8-14H2,(H,23,26)(H,27,28)/t17-/m1/s1. The van der Waals surface area contributed by atoms with Crippen LogP contribution in [-0.4, -0.2) is 54.0 Å². The highest BCUT2D eigenvalue weighted by Gasteiger charge is 2.28. The van der Waals surface area contributed by atoms with Crippen LogP contribution < -0.4 is 10.6 Å². The topological polar surface area (TPSA) is 98.7 Å². The van der Waals surface area contributed by atoms with Crippen molar-refractivity contribution < 1.29 is 19.5 Å². The molecule has 2 amide bonds. The lowest BCUT2D eigenvalue weighted by atomic mass is 9.92. The average Bonchev–Trinajstić information content (AvgIpc) is 2.73. The Bertz CT molecular complexity index is 698. The summed E-state index contributed by atoms with van der Waals surface area (Å²) < 4.78 is 0. The molecule has 152 valence electrons. The van der Waals surface area contributed by atoms with Crippen LogP contribution in [0.4, 0.5) is 5.69 Å². The van der Waals surface area contributed by atoms with Crippen LogP contribution in [0.3, 0.4) is 0 Å². The van der Waals surface area contributed by atoms with Crippen LogP contribution in [0.5, 0.6) is 0 Å². The van der Waals surface area contributed by atoms with Crippen LogP contribution in [0.25, 0.3) is 0 Å². The van der Waals surface area contributed by atoms with E-state index < -0.39 is 5.97 Å². The number of carboxylic acid groups (broad SMARTS) is 1. The number of carbonyl (C=O) groups is 3. The molecule has 2 aliphatic rings. The Balaban J connectivity index is 1.48. The predicted octanol–water partition coefficient (Wildman–Crippen LogP) is 2.34. The SMILES string of the molecule is O=C(O)c1ccc(NC(=O)[C@@H]2CCCN(C(=O)CCC3CCNCC3)C2)cc1. The smallest absolute Gasteiger partial charge is 0.335 e. The molecule has 3 N–H and O–H groups in total. The van der Waals surface area contributed by atoms with Gasteiger partial charge in [0.1, 0.15) is 0 Å². The van der Waals surface area contributed by atoms with E-state index in [9.17, 15) is 14.4 Å². The minimum absolute atomic E-state index is 0.112. The van der Waals surface area contributed by atoms with Crippen LogP contribution in [0.15, 0.2) is 24.3 Å². The first-order valence-electron chi connectivity index (χ1n) is 10.2. The van der Waals surface area contributed by atoms with E-state index in [4.69, 9.17) is 5.11 Å². The fraction of sp³-hybridized carbons (Fsp3) is 0.571. The molecule has 0 unspecified atom stereocenters. The molecule has 0 aromatic heterocycles. The zero-order chi connectivity index (χ0) is 19.9. The van der Waals surface area contributed by atoms with Crippen molar-refractivity contribution in [3.8, 4) is 0 Å². The highest BCUT2D eigenvalue weighted by Crippen LogP contribution is 2.22. The molecule has 7 heteroatoms. The van der Waals surface area contributed by atoms with Gasteiger partial charge in [0.2, 0.25) is 11.8 Å². The minimum atomic E-state index is -0.996. The van der Waals surface area contributed by atoms with E-state index in [1.165, 1.54) is 12.1 Å². The highest BCUT2D eigenvalue weighted by molar-refractivity contribution is 5.94. The molecule has 1 aromatic carbocycles. The van der Waals surface area contributed by atoms with Gasteiger partial charge in [-0.3, -0.25) is 9.59 Å². The number of nitrogens with one attached hydrogen (secondary N) is 2. The van der Waals surface area contributed by atoms with Crippen molar-refractivity contribution in [2.45, 2.75) is 38.5 Å². The molecule has 2 fully saturated rings. The average molecular weight is 387 g/mol. The minimum Gasteiger partial charge on any atom is -0.478 e. The van der Waals surface area contributed by atoms with Gasteiger partial charge in [0.15, 0.2) is 0 Å². The number of nitrogens with zero attached hydrogens (tertiary/aromatic N) is 1. The first kappa shape index (κ1) is 20.3. The van der Waals surface area contributed by atoms with Gasteiger partial charge < -0.3 is 20.6 Å². The van der Waals surface area contributed by atoms with Crippen LogP contribution in [-0.2, 0) is 9.59 Å². The first-order valence-corrected chi connectivity index (χ1v) is 10.2. The lowest BCUT2D eigenvalue weighted by molar-refractivity contribution is -0.134. The summed E-state index contributed by atoms with van der Waals surface area (Å²) in [5, 5.41) is 15.1. The molecule has 0 saturated carbocycles. The van der Waals surface area contributed by atoms with Crippen molar-refractivity contribution in [2.24, 2.45) is 11.8 Å². The van der Waals surface area contributed by atoms with Gasteiger partial charge >= 0.3 is 5.97 Å². The number of carboxylic acids is 1. The monoisotopic (exact) mass is 387 g/mol. The van der Waals surface area contributed by atoms with Gasteiger partial charge in [-0.05, 0) is 75.4 Å². The van der Waals surface area contributed by atoms with Gasteiger partial charge in [-0.15, -0.1) is 0 Å². The number of hydrogen-bond acceptors (Lipinski definition) is 4. The van der Waals surface area contributed by atoms with Crippen molar-refractivity contribution in [3.63, 3.8) is 0 Å². The molecule has 3 rings (SSSR count). The number of anilines is 1. The van der Waals surface area contributed by atoms with Gasteiger partial charge in [0, 0.05) is 25.2 Å². The summed E-state index contributed by atoms with van der Waals surface area (Å²) in [4.78, 5) is 37.9. The van der Waals surface area contributed by atoms with E-state index in [0.717, 1.165) is 51.7 Å². The Morgan fingerprint density at radius 3 is 2.50 bits per heavy atom. The molecule has 0 aliphatic carbocycles. The fourth-order valence-electron chi connectivity index (χ4n) is 4.01. The van der Waals surface area contributed by atoms with E-state index >= 15 is 0 Å². The largest absolute Gasteiger partial charge is 0.478 e. The Kier molecular flexibility index (Phi) is 7.03. The predicted molar refractivity (Wildman–Crippen MR) is 106 cm³/mol. The number of rotatable bonds is 6. The molecule has 7 nitrogen and oxygen atoms in total. The quantitative estimate of drug-likeness (QED) is 0.696. The Morgan fingerprint density at radius 2 is 1.82 bits per heavy atom. The van der Waals surface area contributed by atoms with E-state index in [1.54, 1.807) is 12.1 Å². The number of aromatic carboxylic acids is 1. The van der Waals surface area contributed by atoms with Gasteiger partial charge in [0.05, 0.1) is 11.5 Å².